The molecule has 2 rings (SSSR count). The fourth-order valence-electron chi connectivity index (χ4n) is 1.67. The first-order valence-electron chi connectivity index (χ1n) is 5.76. The summed E-state index contributed by atoms with van der Waals surface area (Å²) in [6.07, 6.45) is 2.63. The molecule has 3 nitrogen and oxygen atoms in total. The molecule has 0 saturated heterocycles. The maximum atomic E-state index is 13.2. The minimum atomic E-state index is -0.712. The molecule has 100 valence electrons. The molecule has 0 aliphatic carbocycles. The predicted octanol–water partition coefficient (Wildman–Crippen LogP) is 3.62. The number of aromatic nitrogens is 1. The van der Waals surface area contributed by atoms with Gasteiger partial charge in [-0.3, -0.25) is 4.98 Å². The van der Waals surface area contributed by atoms with Gasteiger partial charge in [-0.1, -0.05) is 0 Å². The number of pyridine rings is 1. The van der Waals surface area contributed by atoms with Gasteiger partial charge in [0.05, 0.1) is 6.10 Å². The zero-order valence-electron chi connectivity index (χ0n) is 10.3. The Bertz CT molecular complexity index is 575. The first kappa shape index (κ1) is 14.0. The van der Waals surface area contributed by atoms with Gasteiger partial charge < -0.3 is 9.84 Å². The van der Waals surface area contributed by atoms with Gasteiger partial charge in [0.25, 0.3) is 0 Å². The second-order valence-electron chi connectivity index (χ2n) is 4.16. The predicted molar refractivity (Wildman–Crippen MR) is 73.3 cm³/mol. The van der Waals surface area contributed by atoms with Gasteiger partial charge in [0, 0.05) is 34.1 Å². The molecule has 1 atom stereocenters. The largest absolute Gasteiger partial charge is 0.488 e. The van der Waals surface area contributed by atoms with E-state index in [1.54, 1.807) is 19.3 Å². The lowest BCUT2D eigenvalue weighted by atomic mass is 10.1. The first-order valence-corrected chi connectivity index (χ1v) is 6.55. The Balaban J connectivity index is 2.17. The molecule has 0 radical (unpaired) electrons. The van der Waals surface area contributed by atoms with Crippen LogP contribution < -0.4 is 4.74 Å². The van der Waals surface area contributed by atoms with Crippen LogP contribution in [-0.2, 0) is 6.61 Å². The summed E-state index contributed by atoms with van der Waals surface area (Å²) in [6.45, 7) is 1.87. The Morgan fingerprint density at radius 3 is 2.84 bits per heavy atom. The molecule has 0 aliphatic heterocycles. The topological polar surface area (TPSA) is 42.4 Å². The van der Waals surface area contributed by atoms with Gasteiger partial charge in [-0.25, -0.2) is 4.39 Å². The van der Waals surface area contributed by atoms with E-state index < -0.39 is 11.9 Å². The van der Waals surface area contributed by atoms with Crippen molar-refractivity contribution in [3.8, 4) is 5.75 Å². The fraction of sp³-hybridized carbons (Fsp3) is 0.214. The molecule has 1 N–H and O–H groups in total. The second-order valence-corrected chi connectivity index (χ2v) is 5.07. The van der Waals surface area contributed by atoms with Crippen LogP contribution in [0.5, 0.6) is 5.75 Å². The summed E-state index contributed by atoms with van der Waals surface area (Å²) in [5, 5.41) is 9.61. The molecule has 1 aromatic heterocycles. The minimum Gasteiger partial charge on any atom is -0.488 e. The van der Waals surface area contributed by atoms with E-state index in [-0.39, 0.29) is 6.61 Å². The monoisotopic (exact) mass is 325 g/mol. The van der Waals surface area contributed by atoms with Crippen LogP contribution >= 0.6 is 15.9 Å². The van der Waals surface area contributed by atoms with Crippen molar-refractivity contribution in [2.45, 2.75) is 19.6 Å². The van der Waals surface area contributed by atoms with Crippen LogP contribution in [0, 0.1) is 5.82 Å². The van der Waals surface area contributed by atoms with Gasteiger partial charge in [-0.05, 0) is 41.1 Å². The van der Waals surface area contributed by atoms with Gasteiger partial charge in [0.1, 0.15) is 18.2 Å². The van der Waals surface area contributed by atoms with Crippen molar-refractivity contribution >= 4 is 15.9 Å². The van der Waals surface area contributed by atoms with Crippen molar-refractivity contribution in [2.75, 3.05) is 0 Å². The van der Waals surface area contributed by atoms with Crippen LogP contribution in [-0.4, -0.2) is 10.1 Å². The summed E-state index contributed by atoms with van der Waals surface area (Å²) in [7, 11) is 0. The van der Waals surface area contributed by atoms with Crippen LogP contribution in [0.4, 0.5) is 4.39 Å². The number of ether oxygens (including phenoxy) is 1. The number of hydrogen-bond donors (Lipinski definition) is 1. The van der Waals surface area contributed by atoms with E-state index in [1.165, 1.54) is 18.2 Å². The van der Waals surface area contributed by atoms with Crippen molar-refractivity contribution in [1.82, 2.24) is 4.98 Å². The molecular weight excluding hydrogens is 313 g/mol. The molecule has 0 aliphatic rings. The van der Waals surface area contributed by atoms with Crippen LogP contribution in [0.1, 0.15) is 24.2 Å². The van der Waals surface area contributed by atoms with E-state index in [0.29, 0.717) is 11.3 Å². The van der Waals surface area contributed by atoms with E-state index in [9.17, 15) is 9.50 Å². The third-order valence-electron chi connectivity index (χ3n) is 2.58. The molecule has 1 heterocycles. The Morgan fingerprint density at radius 2 is 2.16 bits per heavy atom. The average molecular weight is 326 g/mol. The lowest BCUT2D eigenvalue weighted by molar-refractivity contribution is 0.190. The van der Waals surface area contributed by atoms with Gasteiger partial charge in [-0.15, -0.1) is 0 Å². The minimum absolute atomic E-state index is 0.260. The SMILES string of the molecule is C[C@H](O)c1ccc(F)cc1OCc1cncc(Br)c1. The summed E-state index contributed by atoms with van der Waals surface area (Å²) in [6, 6.07) is 5.96. The van der Waals surface area contributed by atoms with Crippen molar-refractivity contribution < 1.29 is 14.2 Å². The van der Waals surface area contributed by atoms with E-state index >= 15 is 0 Å². The molecule has 0 unspecified atom stereocenters. The second kappa shape index (κ2) is 6.12. The number of aliphatic hydroxyl groups is 1. The summed E-state index contributed by atoms with van der Waals surface area (Å²) >= 11 is 3.32. The zero-order chi connectivity index (χ0) is 13.8. The lowest BCUT2D eigenvalue weighted by Gasteiger charge is -2.13. The third kappa shape index (κ3) is 3.75. The van der Waals surface area contributed by atoms with Gasteiger partial charge >= 0.3 is 0 Å². The Kier molecular flexibility index (Phi) is 4.50. The van der Waals surface area contributed by atoms with Crippen molar-refractivity contribution in [3.63, 3.8) is 0 Å². The van der Waals surface area contributed by atoms with Crippen LogP contribution in [0.15, 0.2) is 41.1 Å². The highest BCUT2D eigenvalue weighted by Crippen LogP contribution is 2.26. The summed E-state index contributed by atoms with van der Waals surface area (Å²) in [5.74, 6) is -0.0539. The van der Waals surface area contributed by atoms with Gasteiger partial charge in [-0.2, -0.15) is 0 Å². The molecule has 5 heteroatoms. The molecule has 0 spiro atoms. The van der Waals surface area contributed by atoms with E-state index in [2.05, 4.69) is 20.9 Å². The van der Waals surface area contributed by atoms with E-state index in [4.69, 9.17) is 4.74 Å². The fourth-order valence-corrected chi connectivity index (χ4v) is 2.09. The maximum Gasteiger partial charge on any atom is 0.128 e. The van der Waals surface area contributed by atoms with Crippen LogP contribution in [0.2, 0.25) is 0 Å². The molecule has 1 aromatic carbocycles. The number of benzene rings is 1. The van der Waals surface area contributed by atoms with Gasteiger partial charge in [0.2, 0.25) is 0 Å². The standard InChI is InChI=1S/C14H13BrFNO2/c1-9(18)13-3-2-12(16)5-14(13)19-8-10-4-11(15)7-17-6-10/h2-7,9,18H,8H2,1H3/t9-/m0/s1. The Morgan fingerprint density at radius 1 is 1.37 bits per heavy atom. The molecule has 0 saturated carbocycles. The highest BCUT2D eigenvalue weighted by molar-refractivity contribution is 9.10. The number of hydrogen-bond acceptors (Lipinski definition) is 3. The normalized spacial score (nSPS) is 12.2. The van der Waals surface area contributed by atoms with E-state index in [1.807, 2.05) is 6.07 Å². The van der Waals surface area contributed by atoms with Crippen LogP contribution in [0.3, 0.4) is 0 Å². The summed E-state index contributed by atoms with van der Waals surface area (Å²) < 4.78 is 19.6. The zero-order valence-corrected chi connectivity index (χ0v) is 11.9. The lowest BCUT2D eigenvalue weighted by Crippen LogP contribution is -2.02. The van der Waals surface area contributed by atoms with Gasteiger partial charge in [0.15, 0.2) is 0 Å². The highest BCUT2D eigenvalue weighted by atomic mass is 79.9. The third-order valence-corrected chi connectivity index (χ3v) is 3.02. The molecule has 0 bridgehead atoms. The quantitative estimate of drug-likeness (QED) is 0.933. The highest BCUT2D eigenvalue weighted by Gasteiger charge is 2.10. The molecule has 19 heavy (non-hydrogen) atoms. The smallest absolute Gasteiger partial charge is 0.128 e. The molecule has 2 aromatic rings. The summed E-state index contributed by atoms with van der Waals surface area (Å²) in [4.78, 5) is 4.02. The molecule has 0 amide bonds. The maximum absolute atomic E-state index is 13.2. The van der Waals surface area contributed by atoms with Crippen LogP contribution in [0.25, 0.3) is 0 Å². The Labute approximate surface area is 119 Å². The van der Waals surface area contributed by atoms with Crippen molar-refractivity contribution in [1.29, 1.82) is 0 Å². The van der Waals surface area contributed by atoms with E-state index in [0.717, 1.165) is 10.0 Å². The van der Waals surface area contributed by atoms with Crippen molar-refractivity contribution in [2.24, 2.45) is 0 Å². The molecule has 0 fully saturated rings. The molecular formula is C14H13BrFNO2. The Hall–Kier alpha value is -1.46. The van der Waals surface area contributed by atoms with Crippen molar-refractivity contribution in [3.05, 3.63) is 58.1 Å². The number of nitrogens with zero attached hydrogens (tertiary/aromatic N) is 1. The number of halogens is 2. The number of rotatable bonds is 4. The number of aliphatic hydroxyl groups excluding tert-OH is 1. The summed E-state index contributed by atoms with van der Waals surface area (Å²) in [5.41, 5.74) is 1.42. The first-order chi connectivity index (χ1) is 9.06. The average Bonchev–Trinajstić information content (AvgIpc) is 2.36.